The number of aromatic carboxylic acids is 1. The SMILES string of the molecule is O=C(O)c1ccc(CCc2n[nH]c3c2c(=O)n(-c2ccccc2)c2ncccc32)cc1. The Kier molecular flexibility index (Phi) is 4.55. The molecule has 0 fully saturated rings. The van der Waals surface area contributed by atoms with Crippen LogP contribution in [0.2, 0.25) is 0 Å². The predicted octanol–water partition coefficient (Wildman–Crippen LogP) is 3.75. The van der Waals surface area contributed by atoms with Gasteiger partial charge in [-0.2, -0.15) is 5.10 Å². The summed E-state index contributed by atoms with van der Waals surface area (Å²) in [5, 5.41) is 17.9. The van der Waals surface area contributed by atoms with Crippen LogP contribution in [0.1, 0.15) is 21.6 Å². The molecule has 7 nitrogen and oxygen atoms in total. The molecule has 0 saturated carbocycles. The fraction of sp³-hybridized carbons (Fsp3) is 0.0833. The second-order valence-corrected chi connectivity index (χ2v) is 7.27. The molecule has 3 heterocycles. The molecule has 0 unspecified atom stereocenters. The number of nitrogens with zero attached hydrogens (tertiary/aromatic N) is 3. The molecule has 7 heteroatoms. The number of carboxylic acid groups (broad SMARTS) is 1. The fourth-order valence-corrected chi connectivity index (χ4v) is 3.86. The van der Waals surface area contributed by atoms with Gasteiger partial charge in [-0.05, 0) is 54.8 Å². The summed E-state index contributed by atoms with van der Waals surface area (Å²) in [5.41, 5.74) is 3.73. The van der Waals surface area contributed by atoms with Crippen molar-refractivity contribution in [2.75, 3.05) is 0 Å². The number of para-hydroxylation sites is 1. The lowest BCUT2D eigenvalue weighted by molar-refractivity contribution is 0.0697. The highest BCUT2D eigenvalue weighted by atomic mass is 16.4. The van der Waals surface area contributed by atoms with Crippen molar-refractivity contribution < 1.29 is 9.90 Å². The minimum absolute atomic E-state index is 0.169. The van der Waals surface area contributed by atoms with Crippen molar-refractivity contribution in [2.45, 2.75) is 12.8 Å². The Bertz CT molecular complexity index is 1470. The summed E-state index contributed by atoms with van der Waals surface area (Å²) in [5.74, 6) is -0.952. The lowest BCUT2D eigenvalue weighted by Crippen LogP contribution is -2.20. The summed E-state index contributed by atoms with van der Waals surface area (Å²) < 4.78 is 1.62. The van der Waals surface area contributed by atoms with Crippen LogP contribution in [0.4, 0.5) is 0 Å². The Morgan fingerprint density at radius 3 is 2.48 bits per heavy atom. The molecule has 0 amide bonds. The van der Waals surface area contributed by atoms with E-state index < -0.39 is 5.97 Å². The first-order valence-electron chi connectivity index (χ1n) is 9.88. The van der Waals surface area contributed by atoms with Gasteiger partial charge in [0.2, 0.25) is 0 Å². The van der Waals surface area contributed by atoms with Gasteiger partial charge >= 0.3 is 5.97 Å². The van der Waals surface area contributed by atoms with Crippen LogP contribution in [-0.4, -0.2) is 30.8 Å². The molecular weight excluding hydrogens is 392 g/mol. The molecular formula is C24H18N4O3. The average molecular weight is 410 g/mol. The molecule has 0 bridgehead atoms. The van der Waals surface area contributed by atoms with E-state index >= 15 is 0 Å². The molecule has 5 rings (SSSR count). The number of H-pyrrole nitrogens is 1. The Morgan fingerprint density at radius 1 is 0.968 bits per heavy atom. The lowest BCUT2D eigenvalue weighted by Gasteiger charge is -2.10. The number of aromatic amines is 1. The highest BCUT2D eigenvalue weighted by Crippen LogP contribution is 2.24. The van der Waals surface area contributed by atoms with Crippen LogP contribution in [0, 0.1) is 0 Å². The smallest absolute Gasteiger partial charge is 0.335 e. The number of hydrogen-bond donors (Lipinski definition) is 2. The van der Waals surface area contributed by atoms with E-state index in [1.807, 2.05) is 42.5 Å². The van der Waals surface area contributed by atoms with Gasteiger partial charge in [-0.25, -0.2) is 9.78 Å². The van der Waals surface area contributed by atoms with E-state index in [1.54, 1.807) is 35.0 Å². The van der Waals surface area contributed by atoms with Gasteiger partial charge in [-0.15, -0.1) is 0 Å². The molecule has 0 aliphatic rings. The van der Waals surface area contributed by atoms with Crippen LogP contribution in [0.3, 0.4) is 0 Å². The zero-order valence-corrected chi connectivity index (χ0v) is 16.4. The molecule has 0 radical (unpaired) electrons. The number of carbonyl (C=O) groups is 1. The van der Waals surface area contributed by atoms with Gasteiger partial charge < -0.3 is 5.11 Å². The number of pyridine rings is 2. The largest absolute Gasteiger partial charge is 0.478 e. The van der Waals surface area contributed by atoms with E-state index in [9.17, 15) is 9.59 Å². The molecule has 0 aliphatic carbocycles. The highest BCUT2D eigenvalue weighted by Gasteiger charge is 2.18. The first kappa shape index (κ1) is 18.7. The van der Waals surface area contributed by atoms with Gasteiger partial charge in [-0.1, -0.05) is 30.3 Å². The fourth-order valence-electron chi connectivity index (χ4n) is 3.86. The summed E-state index contributed by atoms with van der Waals surface area (Å²) in [6, 6.07) is 20.0. The molecule has 0 spiro atoms. The molecule has 0 aliphatic heterocycles. The predicted molar refractivity (Wildman–Crippen MR) is 118 cm³/mol. The molecule has 3 aromatic heterocycles. The summed E-state index contributed by atoms with van der Waals surface area (Å²) in [7, 11) is 0. The second-order valence-electron chi connectivity index (χ2n) is 7.27. The Morgan fingerprint density at radius 2 is 1.74 bits per heavy atom. The van der Waals surface area contributed by atoms with Crippen molar-refractivity contribution in [3.05, 3.63) is 100 Å². The summed E-state index contributed by atoms with van der Waals surface area (Å²) in [6.45, 7) is 0. The third kappa shape index (κ3) is 3.26. The number of benzene rings is 2. The standard InChI is InChI=1S/C24H18N4O3/c29-23-20-19(13-10-15-8-11-16(12-9-15)24(30)31)26-27-21(20)18-7-4-14-25-22(18)28(23)17-5-2-1-3-6-17/h1-9,11-12,14H,10,13H2,(H,26,27)(H,30,31). The number of aryl methyl sites for hydroxylation is 2. The molecule has 0 atom stereocenters. The second kappa shape index (κ2) is 7.53. The maximum Gasteiger partial charge on any atom is 0.335 e. The summed E-state index contributed by atoms with van der Waals surface area (Å²) >= 11 is 0. The third-order valence-electron chi connectivity index (χ3n) is 5.39. The van der Waals surface area contributed by atoms with E-state index in [0.29, 0.717) is 35.1 Å². The monoisotopic (exact) mass is 410 g/mol. The summed E-state index contributed by atoms with van der Waals surface area (Å²) in [4.78, 5) is 29.1. The Labute approximate surface area is 176 Å². The number of hydrogen-bond acceptors (Lipinski definition) is 4. The van der Waals surface area contributed by atoms with Gasteiger partial charge in [0.15, 0.2) is 0 Å². The quantitative estimate of drug-likeness (QED) is 0.460. The van der Waals surface area contributed by atoms with Crippen molar-refractivity contribution in [1.82, 2.24) is 19.7 Å². The lowest BCUT2D eigenvalue weighted by atomic mass is 10.0. The number of carboxylic acids is 1. The van der Waals surface area contributed by atoms with Crippen molar-refractivity contribution in [3.8, 4) is 5.69 Å². The van der Waals surface area contributed by atoms with Gasteiger partial charge in [0.05, 0.1) is 27.8 Å². The number of rotatable bonds is 5. The van der Waals surface area contributed by atoms with E-state index in [4.69, 9.17) is 5.11 Å². The maximum absolute atomic E-state index is 13.6. The van der Waals surface area contributed by atoms with Crippen LogP contribution in [-0.2, 0) is 12.8 Å². The number of fused-ring (bicyclic) bond motifs is 3. The van der Waals surface area contributed by atoms with Crippen molar-refractivity contribution in [3.63, 3.8) is 0 Å². The zero-order chi connectivity index (χ0) is 21.4. The van der Waals surface area contributed by atoms with Crippen LogP contribution >= 0.6 is 0 Å². The number of nitrogens with one attached hydrogen (secondary N) is 1. The molecule has 0 saturated heterocycles. The minimum atomic E-state index is -0.952. The van der Waals surface area contributed by atoms with Crippen LogP contribution in [0.15, 0.2) is 77.7 Å². The van der Waals surface area contributed by atoms with E-state index in [1.165, 1.54) is 0 Å². The molecule has 2 N–H and O–H groups in total. The molecule has 31 heavy (non-hydrogen) atoms. The Balaban J connectivity index is 1.61. The molecule has 5 aromatic rings. The first-order chi connectivity index (χ1) is 15.1. The van der Waals surface area contributed by atoms with Crippen LogP contribution < -0.4 is 5.56 Å². The third-order valence-corrected chi connectivity index (χ3v) is 5.39. The van der Waals surface area contributed by atoms with Crippen molar-refractivity contribution in [2.24, 2.45) is 0 Å². The molecule has 152 valence electrons. The van der Waals surface area contributed by atoms with E-state index in [-0.39, 0.29) is 11.1 Å². The normalized spacial score (nSPS) is 11.2. The van der Waals surface area contributed by atoms with Gasteiger partial charge in [0, 0.05) is 11.6 Å². The van der Waals surface area contributed by atoms with Crippen molar-refractivity contribution in [1.29, 1.82) is 0 Å². The van der Waals surface area contributed by atoms with E-state index in [0.717, 1.165) is 16.6 Å². The maximum atomic E-state index is 13.6. The van der Waals surface area contributed by atoms with Gasteiger partial charge in [0.1, 0.15) is 5.65 Å². The number of aromatic nitrogens is 4. The van der Waals surface area contributed by atoms with Crippen LogP contribution in [0.25, 0.3) is 27.6 Å². The zero-order valence-electron chi connectivity index (χ0n) is 16.4. The summed E-state index contributed by atoms with van der Waals surface area (Å²) in [6.07, 6.45) is 2.85. The minimum Gasteiger partial charge on any atom is -0.478 e. The topological polar surface area (TPSA) is 101 Å². The van der Waals surface area contributed by atoms with Gasteiger partial charge in [0.25, 0.3) is 5.56 Å². The average Bonchev–Trinajstić information content (AvgIpc) is 3.23. The Hall–Kier alpha value is -4.26. The van der Waals surface area contributed by atoms with Crippen LogP contribution in [0.5, 0.6) is 0 Å². The van der Waals surface area contributed by atoms with E-state index in [2.05, 4.69) is 15.2 Å². The highest BCUT2D eigenvalue weighted by molar-refractivity contribution is 6.03. The van der Waals surface area contributed by atoms with Gasteiger partial charge in [-0.3, -0.25) is 14.5 Å². The first-order valence-corrected chi connectivity index (χ1v) is 9.88. The molecule has 2 aromatic carbocycles. The van der Waals surface area contributed by atoms with Crippen molar-refractivity contribution >= 4 is 27.9 Å².